The zero-order valence-corrected chi connectivity index (χ0v) is 17.7. The Labute approximate surface area is 189 Å². The van der Waals surface area contributed by atoms with E-state index < -0.39 is 12.0 Å². The predicted octanol–water partition coefficient (Wildman–Crippen LogP) is 4.12. The normalized spacial score (nSPS) is 15.9. The fourth-order valence-electron chi connectivity index (χ4n) is 3.90. The molecule has 0 aromatic heterocycles. The highest BCUT2D eigenvalue weighted by Gasteiger charge is 2.35. The zero-order chi connectivity index (χ0) is 22.8. The maximum atomic E-state index is 13.5. The molecule has 3 aromatic carbocycles. The summed E-state index contributed by atoms with van der Waals surface area (Å²) in [5.41, 5.74) is 2.69. The fraction of sp³-hybridized carbons (Fsp3) is 0.160. The van der Waals surface area contributed by atoms with Gasteiger partial charge in [-0.25, -0.2) is 4.79 Å². The number of hydrogen-bond acceptors (Lipinski definition) is 4. The number of carboxylic acids is 1. The van der Waals surface area contributed by atoms with E-state index in [0.29, 0.717) is 28.1 Å². The fourth-order valence-corrected chi connectivity index (χ4v) is 4.10. The number of Topliss-reactive ketones (excluding diaryl/α,β-unsaturated/α-hetero) is 1. The van der Waals surface area contributed by atoms with Gasteiger partial charge < -0.3 is 15.1 Å². The lowest BCUT2D eigenvalue weighted by Crippen LogP contribution is -2.44. The first-order valence-corrected chi connectivity index (χ1v) is 10.4. The number of fused-ring (bicyclic) bond motifs is 1. The number of ketones is 1. The van der Waals surface area contributed by atoms with Gasteiger partial charge in [0.05, 0.1) is 11.6 Å². The molecule has 1 aliphatic heterocycles. The molecule has 6 nitrogen and oxygen atoms in total. The molecule has 0 unspecified atom stereocenters. The molecule has 4 rings (SSSR count). The highest BCUT2D eigenvalue weighted by Crippen LogP contribution is 2.27. The Morgan fingerprint density at radius 2 is 1.62 bits per heavy atom. The molecule has 3 aromatic rings. The van der Waals surface area contributed by atoms with Gasteiger partial charge >= 0.3 is 5.97 Å². The molecular weight excluding hydrogens is 430 g/mol. The number of aromatic carboxylic acids is 1. The van der Waals surface area contributed by atoms with Crippen LogP contribution in [0, 0.1) is 0 Å². The van der Waals surface area contributed by atoms with Crippen LogP contribution < -0.4 is 0 Å². The lowest BCUT2D eigenvalue weighted by Gasteiger charge is -2.29. The van der Waals surface area contributed by atoms with Gasteiger partial charge in [0.1, 0.15) is 5.75 Å². The van der Waals surface area contributed by atoms with E-state index in [0.717, 1.165) is 5.56 Å². The van der Waals surface area contributed by atoms with Crippen LogP contribution in [0.5, 0.6) is 5.75 Å². The first kappa shape index (κ1) is 21.6. The molecule has 1 heterocycles. The van der Waals surface area contributed by atoms with Crippen LogP contribution in [0.3, 0.4) is 0 Å². The third-order valence-electron chi connectivity index (χ3n) is 5.59. The number of amides is 1. The van der Waals surface area contributed by atoms with Gasteiger partial charge in [-0.3, -0.25) is 9.59 Å². The maximum Gasteiger partial charge on any atom is 0.335 e. The van der Waals surface area contributed by atoms with Gasteiger partial charge in [0, 0.05) is 30.0 Å². The van der Waals surface area contributed by atoms with Gasteiger partial charge in [-0.15, -0.1) is 0 Å². The van der Waals surface area contributed by atoms with Gasteiger partial charge in [-0.2, -0.15) is 0 Å². The first-order chi connectivity index (χ1) is 15.3. The van der Waals surface area contributed by atoms with Crippen molar-refractivity contribution in [2.75, 3.05) is 0 Å². The average Bonchev–Trinajstić information content (AvgIpc) is 2.85. The maximum absolute atomic E-state index is 13.5. The minimum atomic E-state index is -1.03. The Morgan fingerprint density at radius 1 is 0.969 bits per heavy atom. The van der Waals surface area contributed by atoms with Crippen LogP contribution >= 0.6 is 11.6 Å². The summed E-state index contributed by atoms with van der Waals surface area (Å²) in [6, 6.07) is 17.0. The van der Waals surface area contributed by atoms with Gasteiger partial charge in [0.2, 0.25) is 0 Å². The molecule has 0 saturated carbocycles. The summed E-state index contributed by atoms with van der Waals surface area (Å²) in [5, 5.41) is 19.2. The number of carbonyl (C=O) groups excluding carboxylic acids is 2. The molecule has 1 aliphatic rings. The summed E-state index contributed by atoms with van der Waals surface area (Å²) in [6.07, 6.45) is 0.374. The second-order valence-corrected chi connectivity index (χ2v) is 8.20. The molecule has 7 heteroatoms. The molecule has 162 valence electrons. The summed E-state index contributed by atoms with van der Waals surface area (Å²) in [6.45, 7) is 0.148. The van der Waals surface area contributed by atoms with Crippen LogP contribution in [0.15, 0.2) is 66.7 Å². The van der Waals surface area contributed by atoms with E-state index in [4.69, 9.17) is 16.7 Å². The minimum Gasteiger partial charge on any atom is -0.508 e. The van der Waals surface area contributed by atoms with E-state index >= 15 is 0 Å². The van der Waals surface area contributed by atoms with Crippen LogP contribution in [0.2, 0.25) is 5.02 Å². The number of aromatic hydroxyl groups is 1. The second-order valence-electron chi connectivity index (χ2n) is 7.77. The predicted molar refractivity (Wildman–Crippen MR) is 119 cm³/mol. The van der Waals surface area contributed by atoms with Gasteiger partial charge in [0.25, 0.3) is 5.91 Å². The van der Waals surface area contributed by atoms with Gasteiger partial charge in [0.15, 0.2) is 5.78 Å². The summed E-state index contributed by atoms with van der Waals surface area (Å²) >= 11 is 6.11. The van der Waals surface area contributed by atoms with Crippen molar-refractivity contribution in [3.05, 3.63) is 99.6 Å². The number of nitrogens with zero attached hydrogens (tertiary/aromatic N) is 1. The second kappa shape index (κ2) is 8.85. The number of phenolic OH excluding ortho intramolecular Hbond substituents is 1. The Morgan fingerprint density at radius 3 is 2.28 bits per heavy atom. The molecule has 0 radical (unpaired) electrons. The Hall–Kier alpha value is -3.64. The number of hydrogen-bond donors (Lipinski definition) is 2. The monoisotopic (exact) mass is 449 g/mol. The number of halogens is 1. The lowest BCUT2D eigenvalue weighted by atomic mass is 9.97. The Kier molecular flexibility index (Phi) is 5.97. The topological polar surface area (TPSA) is 94.9 Å². The SMILES string of the molecule is O=C(O)c1ccc(CN2C(=O)c3ccc(Cl)cc3CC(=O)[C@@H]2Cc2ccc(O)cc2)cc1. The number of carbonyl (C=O) groups is 3. The molecule has 1 atom stereocenters. The van der Waals surface area contributed by atoms with Crippen molar-refractivity contribution in [3.63, 3.8) is 0 Å². The molecule has 1 amide bonds. The van der Waals surface area contributed by atoms with E-state index in [-0.39, 0.29) is 36.0 Å². The van der Waals surface area contributed by atoms with Gasteiger partial charge in [-0.1, -0.05) is 35.9 Å². The molecule has 0 bridgehead atoms. The van der Waals surface area contributed by atoms with Crippen LogP contribution in [0.4, 0.5) is 0 Å². The molecular formula is C25H20ClNO5. The molecule has 0 aliphatic carbocycles. The quantitative estimate of drug-likeness (QED) is 0.611. The van der Waals surface area contributed by atoms with Crippen LogP contribution in [0.25, 0.3) is 0 Å². The van der Waals surface area contributed by atoms with Crippen molar-refractivity contribution in [2.45, 2.75) is 25.4 Å². The first-order valence-electron chi connectivity index (χ1n) is 10.0. The van der Waals surface area contributed by atoms with E-state index in [9.17, 15) is 19.5 Å². The number of carboxylic acid groups (broad SMARTS) is 1. The minimum absolute atomic E-state index is 0.0822. The third-order valence-corrected chi connectivity index (χ3v) is 5.83. The number of phenols is 1. The molecule has 0 saturated heterocycles. The Balaban J connectivity index is 1.72. The van der Waals surface area contributed by atoms with E-state index in [1.165, 1.54) is 17.0 Å². The largest absolute Gasteiger partial charge is 0.508 e. The summed E-state index contributed by atoms with van der Waals surface area (Å²) in [4.78, 5) is 39.5. The standard InChI is InChI=1S/C25H20ClNO5/c26-19-7-10-21-18(12-19)13-23(29)22(11-15-3-8-20(28)9-4-15)27(24(21)30)14-16-1-5-17(6-2-16)25(31)32/h1-10,12,22,28H,11,13-14H2,(H,31,32)/t22-/m0/s1. The van der Waals surface area contributed by atoms with Crippen molar-refractivity contribution in [1.82, 2.24) is 4.90 Å². The number of rotatable bonds is 5. The average molecular weight is 450 g/mol. The highest BCUT2D eigenvalue weighted by molar-refractivity contribution is 6.30. The van der Waals surface area contributed by atoms with Crippen molar-refractivity contribution >= 4 is 29.3 Å². The molecule has 32 heavy (non-hydrogen) atoms. The van der Waals surface area contributed by atoms with Crippen molar-refractivity contribution in [2.24, 2.45) is 0 Å². The van der Waals surface area contributed by atoms with E-state index in [2.05, 4.69) is 0 Å². The molecule has 2 N–H and O–H groups in total. The van der Waals surface area contributed by atoms with Crippen LogP contribution in [0.1, 0.15) is 37.4 Å². The Bertz CT molecular complexity index is 1190. The lowest BCUT2D eigenvalue weighted by molar-refractivity contribution is -0.122. The number of benzene rings is 3. The summed E-state index contributed by atoms with van der Waals surface area (Å²) < 4.78 is 0. The smallest absolute Gasteiger partial charge is 0.335 e. The van der Waals surface area contributed by atoms with Crippen molar-refractivity contribution < 1.29 is 24.6 Å². The van der Waals surface area contributed by atoms with Crippen LogP contribution in [-0.2, 0) is 24.2 Å². The highest BCUT2D eigenvalue weighted by atomic mass is 35.5. The van der Waals surface area contributed by atoms with Crippen LogP contribution in [-0.4, -0.2) is 38.8 Å². The molecule has 0 fully saturated rings. The summed E-state index contributed by atoms with van der Waals surface area (Å²) in [7, 11) is 0. The van der Waals surface area contributed by atoms with E-state index in [1.54, 1.807) is 54.6 Å². The zero-order valence-electron chi connectivity index (χ0n) is 17.0. The van der Waals surface area contributed by atoms with Gasteiger partial charge in [-0.05, 0) is 59.2 Å². The third kappa shape index (κ3) is 4.50. The van der Waals surface area contributed by atoms with E-state index in [1.807, 2.05) is 0 Å². The van der Waals surface area contributed by atoms with Crippen molar-refractivity contribution in [3.8, 4) is 5.75 Å². The van der Waals surface area contributed by atoms with Crippen molar-refractivity contribution in [1.29, 1.82) is 0 Å². The summed E-state index contributed by atoms with van der Waals surface area (Å²) in [5.74, 6) is -1.31. The molecule has 0 spiro atoms.